The molecule has 1 aromatic carbocycles. The van der Waals surface area contributed by atoms with Gasteiger partial charge in [0, 0.05) is 29.7 Å². The van der Waals surface area contributed by atoms with E-state index in [0.717, 1.165) is 22.2 Å². The third-order valence-corrected chi connectivity index (χ3v) is 4.93. The molecule has 116 valence electrons. The molecule has 2 unspecified atom stereocenters. The second-order valence-electron chi connectivity index (χ2n) is 6.55. The Hall–Kier alpha value is -1.85. The van der Waals surface area contributed by atoms with E-state index in [1.54, 1.807) is 4.90 Å². The van der Waals surface area contributed by atoms with Crippen LogP contribution in [0.25, 0.3) is 10.9 Å². The first kappa shape index (κ1) is 13.8. The smallest absolute Gasteiger partial charge is 0.227 e. The fourth-order valence-electron chi connectivity index (χ4n) is 3.94. The number of aromatic amines is 1. The number of H-pyrrole nitrogens is 1. The number of nitrogens with one attached hydrogen (secondary N) is 1. The van der Waals surface area contributed by atoms with Gasteiger partial charge in [0.1, 0.15) is 0 Å². The van der Waals surface area contributed by atoms with Crippen molar-refractivity contribution in [3.8, 4) is 0 Å². The van der Waals surface area contributed by atoms with Crippen molar-refractivity contribution < 1.29 is 15.0 Å². The molecule has 5 heteroatoms. The number of rotatable bonds is 0. The molecule has 2 aliphatic rings. The Kier molecular flexibility index (Phi) is 3.20. The maximum atomic E-state index is 12.6. The van der Waals surface area contributed by atoms with Crippen LogP contribution >= 0.6 is 0 Å². The molecule has 1 saturated heterocycles. The molecular formula is C17H20N2O3. The lowest BCUT2D eigenvalue weighted by Gasteiger charge is -2.35. The monoisotopic (exact) mass is 300 g/mol. The molecule has 3 N–H and O–H groups in total. The molecule has 3 atom stereocenters. The Morgan fingerprint density at radius 1 is 1.14 bits per heavy atom. The van der Waals surface area contributed by atoms with Gasteiger partial charge >= 0.3 is 0 Å². The summed E-state index contributed by atoms with van der Waals surface area (Å²) in [4.78, 5) is 17.6. The van der Waals surface area contributed by atoms with Crippen LogP contribution in [0, 0.1) is 5.92 Å². The van der Waals surface area contributed by atoms with Crippen LogP contribution in [0.4, 0.5) is 0 Å². The van der Waals surface area contributed by atoms with E-state index in [0.29, 0.717) is 25.9 Å². The van der Waals surface area contributed by atoms with E-state index in [4.69, 9.17) is 0 Å². The maximum absolute atomic E-state index is 12.6. The number of benzene rings is 1. The van der Waals surface area contributed by atoms with Gasteiger partial charge in [0.25, 0.3) is 0 Å². The Labute approximate surface area is 128 Å². The van der Waals surface area contributed by atoms with Gasteiger partial charge in [0.2, 0.25) is 5.91 Å². The van der Waals surface area contributed by atoms with Gasteiger partial charge in [-0.05, 0) is 30.4 Å². The molecule has 0 radical (unpaired) electrons. The average Bonchev–Trinajstić information content (AvgIpc) is 2.85. The number of nitrogens with zero attached hydrogens (tertiary/aromatic N) is 1. The summed E-state index contributed by atoms with van der Waals surface area (Å²) in [7, 11) is 0. The summed E-state index contributed by atoms with van der Waals surface area (Å²) in [5, 5.41) is 21.6. The van der Waals surface area contributed by atoms with Crippen LogP contribution in [0.2, 0.25) is 0 Å². The Bertz CT molecular complexity index is 724. The van der Waals surface area contributed by atoms with Crippen LogP contribution in [-0.4, -0.2) is 45.2 Å². The first-order valence-electron chi connectivity index (χ1n) is 7.85. The van der Waals surface area contributed by atoms with Gasteiger partial charge in [-0.15, -0.1) is 0 Å². The predicted octanol–water partition coefficient (Wildman–Crippen LogP) is 1.36. The number of carbonyl (C=O) groups excluding carboxylic acids is 1. The molecule has 2 aromatic rings. The van der Waals surface area contributed by atoms with Crippen molar-refractivity contribution in [2.24, 2.45) is 5.92 Å². The quantitative estimate of drug-likeness (QED) is 0.687. The summed E-state index contributed by atoms with van der Waals surface area (Å²) in [6.07, 6.45) is 0.390. The standard InChI is InChI=1S/C17H20N2O3/c20-11-5-10-6-15(21)17-13(7-16(22)19(8-10)9-11)12-3-1-2-4-14(12)18-17/h1-4,10-11,15,18,20-21H,5-9H2/t10-,11?,15?/m0/s1. The third kappa shape index (κ3) is 2.21. The number of amides is 1. The van der Waals surface area contributed by atoms with Gasteiger partial charge in [-0.3, -0.25) is 4.79 Å². The van der Waals surface area contributed by atoms with Crippen molar-refractivity contribution in [1.82, 2.24) is 9.88 Å². The third-order valence-electron chi connectivity index (χ3n) is 4.93. The highest BCUT2D eigenvalue weighted by atomic mass is 16.3. The Morgan fingerprint density at radius 3 is 2.82 bits per heavy atom. The number of aliphatic hydroxyl groups excluding tert-OH is 2. The van der Waals surface area contributed by atoms with E-state index >= 15 is 0 Å². The molecule has 5 nitrogen and oxygen atoms in total. The van der Waals surface area contributed by atoms with Crippen molar-refractivity contribution >= 4 is 16.8 Å². The number of piperidine rings is 1. The van der Waals surface area contributed by atoms with Crippen molar-refractivity contribution in [2.75, 3.05) is 13.1 Å². The number of para-hydroxylation sites is 1. The maximum Gasteiger partial charge on any atom is 0.227 e. The molecular weight excluding hydrogens is 280 g/mol. The molecule has 2 aliphatic heterocycles. The van der Waals surface area contributed by atoms with Crippen LogP contribution in [0.3, 0.4) is 0 Å². The zero-order valence-electron chi connectivity index (χ0n) is 12.3. The molecule has 22 heavy (non-hydrogen) atoms. The molecule has 0 aliphatic carbocycles. The van der Waals surface area contributed by atoms with Crippen LogP contribution in [-0.2, 0) is 11.2 Å². The summed E-state index contributed by atoms with van der Waals surface area (Å²) in [6, 6.07) is 7.85. The van der Waals surface area contributed by atoms with Gasteiger partial charge in [0.15, 0.2) is 0 Å². The Morgan fingerprint density at radius 2 is 1.95 bits per heavy atom. The first-order valence-corrected chi connectivity index (χ1v) is 7.85. The van der Waals surface area contributed by atoms with E-state index in [2.05, 4.69) is 4.98 Å². The van der Waals surface area contributed by atoms with Crippen LogP contribution < -0.4 is 0 Å². The van der Waals surface area contributed by atoms with Crippen molar-refractivity contribution in [3.05, 3.63) is 35.5 Å². The van der Waals surface area contributed by atoms with Crippen molar-refractivity contribution in [3.63, 3.8) is 0 Å². The minimum absolute atomic E-state index is 0.0313. The van der Waals surface area contributed by atoms with Crippen LogP contribution in [0.5, 0.6) is 0 Å². The number of hydrogen-bond donors (Lipinski definition) is 3. The highest BCUT2D eigenvalue weighted by Crippen LogP contribution is 2.34. The zero-order chi connectivity index (χ0) is 15.3. The van der Waals surface area contributed by atoms with Crippen LogP contribution in [0.15, 0.2) is 24.3 Å². The minimum atomic E-state index is -0.620. The second kappa shape index (κ2) is 5.11. The lowest BCUT2D eigenvalue weighted by Crippen LogP contribution is -2.46. The van der Waals surface area contributed by atoms with E-state index in [1.807, 2.05) is 24.3 Å². The molecule has 2 bridgehead atoms. The summed E-state index contributed by atoms with van der Waals surface area (Å²) in [5.41, 5.74) is 2.62. The zero-order valence-corrected chi connectivity index (χ0v) is 12.3. The van der Waals surface area contributed by atoms with Gasteiger partial charge in [0.05, 0.1) is 18.6 Å². The SMILES string of the molecule is O=C1Cc2c([nH]c3ccccc23)C(O)C[C@@H]2CC(O)CN1C2. The van der Waals surface area contributed by atoms with E-state index in [1.165, 1.54) is 0 Å². The molecule has 0 saturated carbocycles. The molecule has 3 heterocycles. The first-order chi connectivity index (χ1) is 10.6. The number of hydrogen-bond acceptors (Lipinski definition) is 3. The highest BCUT2D eigenvalue weighted by molar-refractivity contribution is 5.90. The predicted molar refractivity (Wildman–Crippen MR) is 82.3 cm³/mol. The van der Waals surface area contributed by atoms with Gasteiger partial charge in [-0.1, -0.05) is 18.2 Å². The van der Waals surface area contributed by atoms with E-state index in [9.17, 15) is 15.0 Å². The summed E-state index contributed by atoms with van der Waals surface area (Å²) in [6.45, 7) is 1.04. The normalized spacial score (nSPS) is 28.9. The van der Waals surface area contributed by atoms with Crippen molar-refractivity contribution in [1.29, 1.82) is 0 Å². The number of aliphatic hydroxyl groups is 2. The highest BCUT2D eigenvalue weighted by Gasteiger charge is 2.34. The summed E-state index contributed by atoms with van der Waals surface area (Å²) >= 11 is 0. The summed E-state index contributed by atoms with van der Waals surface area (Å²) in [5.74, 6) is 0.170. The summed E-state index contributed by atoms with van der Waals surface area (Å²) < 4.78 is 0. The molecule has 1 amide bonds. The van der Waals surface area contributed by atoms with Crippen molar-refractivity contribution in [2.45, 2.75) is 31.5 Å². The molecule has 1 aromatic heterocycles. The second-order valence-corrected chi connectivity index (χ2v) is 6.55. The van der Waals surface area contributed by atoms with E-state index < -0.39 is 12.2 Å². The molecule has 0 spiro atoms. The lowest BCUT2D eigenvalue weighted by atomic mass is 9.90. The average molecular weight is 300 g/mol. The van der Waals surface area contributed by atoms with Gasteiger partial charge in [-0.25, -0.2) is 0 Å². The number of fused-ring (bicyclic) bond motifs is 5. The minimum Gasteiger partial charge on any atom is -0.391 e. The largest absolute Gasteiger partial charge is 0.391 e. The topological polar surface area (TPSA) is 76.6 Å². The van der Waals surface area contributed by atoms with Gasteiger partial charge < -0.3 is 20.1 Å². The Balaban J connectivity index is 1.82. The number of carbonyl (C=O) groups is 1. The van der Waals surface area contributed by atoms with Gasteiger partial charge in [-0.2, -0.15) is 0 Å². The number of aromatic nitrogens is 1. The molecule has 1 fully saturated rings. The fourth-order valence-corrected chi connectivity index (χ4v) is 3.94. The molecule has 4 rings (SSSR count). The fraction of sp³-hybridized carbons (Fsp3) is 0.471. The van der Waals surface area contributed by atoms with E-state index in [-0.39, 0.29) is 18.2 Å². The lowest BCUT2D eigenvalue weighted by molar-refractivity contribution is -0.135. The van der Waals surface area contributed by atoms with Crippen LogP contribution in [0.1, 0.15) is 30.2 Å².